The molecular formula is C24H31N3O3. The number of carbonyl (C=O) groups is 1. The van der Waals surface area contributed by atoms with Crippen LogP contribution in [0.4, 0.5) is 5.69 Å². The van der Waals surface area contributed by atoms with E-state index >= 15 is 0 Å². The van der Waals surface area contributed by atoms with E-state index in [4.69, 9.17) is 9.47 Å². The van der Waals surface area contributed by atoms with Crippen molar-refractivity contribution < 1.29 is 14.3 Å². The lowest BCUT2D eigenvalue weighted by atomic mass is 9.87. The van der Waals surface area contributed by atoms with Gasteiger partial charge in [0.1, 0.15) is 11.5 Å². The highest BCUT2D eigenvalue weighted by Gasteiger charge is 2.26. The van der Waals surface area contributed by atoms with Crippen molar-refractivity contribution in [2.24, 2.45) is 0 Å². The largest absolute Gasteiger partial charge is 0.496 e. The topological polar surface area (TPSA) is 54.0 Å². The number of carbonyl (C=O) groups excluding carboxylic acids is 1. The Morgan fingerprint density at radius 1 is 1.00 bits per heavy atom. The van der Waals surface area contributed by atoms with Gasteiger partial charge in [-0.05, 0) is 48.6 Å². The molecular weight excluding hydrogens is 378 g/mol. The van der Waals surface area contributed by atoms with E-state index < -0.39 is 0 Å². The van der Waals surface area contributed by atoms with Gasteiger partial charge in [-0.1, -0.05) is 24.3 Å². The predicted octanol–water partition coefficient (Wildman–Crippen LogP) is 3.02. The molecule has 2 aliphatic rings. The van der Waals surface area contributed by atoms with Crippen LogP contribution in [0.1, 0.15) is 30.0 Å². The van der Waals surface area contributed by atoms with Gasteiger partial charge in [-0.3, -0.25) is 9.69 Å². The van der Waals surface area contributed by atoms with Crippen molar-refractivity contribution in [3.8, 4) is 11.5 Å². The van der Waals surface area contributed by atoms with Gasteiger partial charge in [-0.25, -0.2) is 0 Å². The molecule has 2 aromatic rings. The summed E-state index contributed by atoms with van der Waals surface area (Å²) in [5, 5.41) is 3.27. The number of methoxy groups -OCH3 is 2. The van der Waals surface area contributed by atoms with Crippen LogP contribution in [-0.4, -0.2) is 57.8 Å². The van der Waals surface area contributed by atoms with Crippen LogP contribution in [0.25, 0.3) is 0 Å². The number of rotatable bonds is 6. The summed E-state index contributed by atoms with van der Waals surface area (Å²) in [5.41, 5.74) is 3.56. The number of benzene rings is 2. The van der Waals surface area contributed by atoms with Crippen LogP contribution in [-0.2, 0) is 11.2 Å². The fraction of sp³-hybridized carbons (Fsp3) is 0.458. The van der Waals surface area contributed by atoms with Gasteiger partial charge in [0.2, 0.25) is 5.91 Å². The maximum absolute atomic E-state index is 12.8. The lowest BCUT2D eigenvalue weighted by Gasteiger charge is -2.36. The van der Waals surface area contributed by atoms with Crippen LogP contribution in [0.15, 0.2) is 42.5 Å². The number of fused-ring (bicyclic) bond motifs is 1. The number of hydrogen-bond acceptors (Lipinski definition) is 5. The number of anilines is 1. The summed E-state index contributed by atoms with van der Waals surface area (Å²) in [6.07, 6.45) is 3.06. The van der Waals surface area contributed by atoms with Gasteiger partial charge in [0, 0.05) is 26.2 Å². The summed E-state index contributed by atoms with van der Waals surface area (Å²) < 4.78 is 11.0. The summed E-state index contributed by atoms with van der Waals surface area (Å²) in [6.45, 7) is 3.94. The molecule has 0 unspecified atom stereocenters. The second-order valence-corrected chi connectivity index (χ2v) is 7.98. The first-order valence-corrected chi connectivity index (χ1v) is 10.7. The first kappa shape index (κ1) is 20.5. The smallest absolute Gasteiger partial charge is 0.234 e. The van der Waals surface area contributed by atoms with Gasteiger partial charge < -0.3 is 19.7 Å². The Balaban J connectivity index is 1.32. The molecule has 1 aliphatic heterocycles. The van der Waals surface area contributed by atoms with Gasteiger partial charge in [0.15, 0.2) is 0 Å². The van der Waals surface area contributed by atoms with Crippen molar-refractivity contribution in [1.82, 2.24) is 10.2 Å². The number of nitrogens with zero attached hydrogens (tertiary/aromatic N) is 2. The van der Waals surface area contributed by atoms with Crippen LogP contribution in [0.5, 0.6) is 11.5 Å². The minimum Gasteiger partial charge on any atom is -0.496 e. The molecule has 6 nitrogen and oxygen atoms in total. The highest BCUT2D eigenvalue weighted by molar-refractivity contribution is 5.78. The first-order valence-electron chi connectivity index (χ1n) is 10.7. The molecule has 1 N–H and O–H groups in total. The summed E-state index contributed by atoms with van der Waals surface area (Å²) in [5.74, 6) is 1.93. The van der Waals surface area contributed by atoms with Gasteiger partial charge in [-0.15, -0.1) is 0 Å². The standard InChI is InChI=1S/C24H31N3O3/c1-29-22-12-6-7-18-19(22)8-5-9-20(18)25-24(28)17-26-13-15-27(16-14-26)21-10-3-4-11-23(21)30-2/h3-4,6-7,10-12,20H,5,8-9,13-17H2,1-2H3,(H,25,28)/t20-/m0/s1. The highest BCUT2D eigenvalue weighted by Crippen LogP contribution is 2.35. The van der Waals surface area contributed by atoms with Gasteiger partial charge in [-0.2, -0.15) is 0 Å². The van der Waals surface area contributed by atoms with E-state index in [1.807, 2.05) is 30.3 Å². The molecule has 0 spiro atoms. The zero-order chi connectivity index (χ0) is 20.9. The molecule has 1 amide bonds. The average Bonchev–Trinajstić information content (AvgIpc) is 2.79. The molecule has 0 bridgehead atoms. The van der Waals surface area contributed by atoms with Crippen LogP contribution in [0, 0.1) is 0 Å². The third kappa shape index (κ3) is 4.38. The SMILES string of the molecule is COc1ccccc1N1CCN(CC(=O)N[C@H]2CCCc3c(OC)cccc32)CC1. The Hall–Kier alpha value is -2.73. The van der Waals surface area contributed by atoms with Crippen molar-refractivity contribution in [3.63, 3.8) is 0 Å². The molecule has 2 aromatic carbocycles. The summed E-state index contributed by atoms with van der Waals surface area (Å²) in [4.78, 5) is 17.3. The quantitative estimate of drug-likeness (QED) is 0.795. The molecule has 30 heavy (non-hydrogen) atoms. The maximum Gasteiger partial charge on any atom is 0.234 e. The van der Waals surface area contributed by atoms with Crippen LogP contribution < -0.4 is 19.7 Å². The summed E-state index contributed by atoms with van der Waals surface area (Å²) in [6, 6.07) is 14.3. The molecule has 160 valence electrons. The molecule has 4 rings (SSSR count). The number of ether oxygens (including phenoxy) is 2. The normalized spacial score (nSPS) is 19.1. The third-order valence-electron chi connectivity index (χ3n) is 6.18. The monoisotopic (exact) mass is 409 g/mol. The molecule has 0 radical (unpaired) electrons. The Morgan fingerprint density at radius 3 is 2.50 bits per heavy atom. The molecule has 1 atom stereocenters. The Bertz CT molecular complexity index is 878. The Labute approximate surface area is 178 Å². The lowest BCUT2D eigenvalue weighted by molar-refractivity contribution is -0.123. The Morgan fingerprint density at radius 2 is 1.73 bits per heavy atom. The number of hydrogen-bond donors (Lipinski definition) is 1. The molecule has 1 aliphatic carbocycles. The van der Waals surface area contributed by atoms with Gasteiger partial charge in [0.25, 0.3) is 0 Å². The number of para-hydroxylation sites is 2. The number of piperazine rings is 1. The summed E-state index contributed by atoms with van der Waals surface area (Å²) in [7, 11) is 3.42. The average molecular weight is 410 g/mol. The van der Waals surface area contributed by atoms with Crippen molar-refractivity contribution in [2.45, 2.75) is 25.3 Å². The third-order valence-corrected chi connectivity index (χ3v) is 6.18. The van der Waals surface area contributed by atoms with Gasteiger partial charge >= 0.3 is 0 Å². The molecule has 6 heteroatoms. The molecule has 0 aromatic heterocycles. The molecule has 1 fully saturated rings. The van der Waals surface area contributed by atoms with E-state index in [2.05, 4.69) is 27.2 Å². The van der Waals surface area contributed by atoms with Crippen molar-refractivity contribution in [2.75, 3.05) is 51.8 Å². The van der Waals surface area contributed by atoms with E-state index in [1.165, 1.54) is 11.1 Å². The van der Waals surface area contributed by atoms with E-state index in [-0.39, 0.29) is 11.9 Å². The second-order valence-electron chi connectivity index (χ2n) is 7.98. The Kier molecular flexibility index (Phi) is 6.43. The maximum atomic E-state index is 12.8. The van der Waals surface area contributed by atoms with Crippen molar-refractivity contribution in [1.29, 1.82) is 0 Å². The zero-order valence-corrected chi connectivity index (χ0v) is 17.9. The highest BCUT2D eigenvalue weighted by atomic mass is 16.5. The van der Waals surface area contributed by atoms with E-state index in [9.17, 15) is 4.79 Å². The summed E-state index contributed by atoms with van der Waals surface area (Å²) >= 11 is 0. The molecule has 0 saturated carbocycles. The van der Waals surface area contributed by atoms with Crippen molar-refractivity contribution in [3.05, 3.63) is 53.6 Å². The predicted molar refractivity (Wildman–Crippen MR) is 118 cm³/mol. The van der Waals surface area contributed by atoms with E-state index in [0.29, 0.717) is 6.54 Å². The minimum atomic E-state index is 0.0752. The van der Waals surface area contributed by atoms with Crippen LogP contribution >= 0.6 is 0 Å². The second kappa shape index (κ2) is 9.39. The molecule has 1 heterocycles. The van der Waals surface area contributed by atoms with E-state index in [1.54, 1.807) is 14.2 Å². The lowest BCUT2D eigenvalue weighted by Crippen LogP contribution is -2.50. The number of nitrogens with one attached hydrogen (secondary N) is 1. The van der Waals surface area contributed by atoms with Crippen LogP contribution in [0.3, 0.4) is 0 Å². The first-order chi connectivity index (χ1) is 14.7. The minimum absolute atomic E-state index is 0.0752. The van der Waals surface area contributed by atoms with E-state index in [0.717, 1.165) is 62.6 Å². The van der Waals surface area contributed by atoms with Gasteiger partial charge in [0.05, 0.1) is 32.5 Å². The molecule has 1 saturated heterocycles. The number of amides is 1. The zero-order valence-electron chi connectivity index (χ0n) is 17.9. The van der Waals surface area contributed by atoms with Crippen molar-refractivity contribution >= 4 is 11.6 Å². The van der Waals surface area contributed by atoms with Crippen LogP contribution in [0.2, 0.25) is 0 Å². The fourth-order valence-corrected chi connectivity index (χ4v) is 4.64. The fourth-order valence-electron chi connectivity index (χ4n) is 4.64.